The molecule has 0 spiro atoms. The molecule has 0 saturated carbocycles. The maximum absolute atomic E-state index is 11.4. The van der Waals surface area contributed by atoms with E-state index in [0.29, 0.717) is 6.42 Å². The highest BCUT2D eigenvalue weighted by atomic mass is 16.6. The molecule has 26 heavy (non-hydrogen) atoms. The van der Waals surface area contributed by atoms with Crippen molar-refractivity contribution < 1.29 is 14.6 Å². The van der Waals surface area contributed by atoms with E-state index in [4.69, 9.17) is 9.47 Å². The number of fused-ring (bicyclic) bond motifs is 1. The van der Waals surface area contributed by atoms with Gasteiger partial charge in [0.05, 0.1) is 7.11 Å². The lowest BCUT2D eigenvalue weighted by molar-refractivity contribution is -0.161. The Hall–Kier alpha value is -2.78. The third kappa shape index (κ3) is 2.95. The molecule has 0 bridgehead atoms. The van der Waals surface area contributed by atoms with Crippen molar-refractivity contribution in [3.8, 4) is 11.5 Å². The number of hydrogen-bond donors (Lipinski definition) is 1. The van der Waals surface area contributed by atoms with Gasteiger partial charge in [-0.25, -0.2) is 0 Å². The van der Waals surface area contributed by atoms with Gasteiger partial charge in [0, 0.05) is 23.5 Å². The Labute approximate surface area is 153 Å². The molecule has 132 valence electrons. The zero-order valence-corrected chi connectivity index (χ0v) is 15.0. The zero-order chi connectivity index (χ0) is 18.1. The molecular weight excluding hydrogens is 324 g/mol. The van der Waals surface area contributed by atoms with E-state index in [1.54, 1.807) is 7.11 Å². The second-order valence-corrected chi connectivity index (χ2v) is 6.82. The first-order valence-corrected chi connectivity index (χ1v) is 8.80. The number of aliphatic hydroxyl groups is 1. The molecule has 1 unspecified atom stereocenters. The lowest BCUT2D eigenvalue weighted by Crippen LogP contribution is -2.38. The average Bonchev–Trinajstić information content (AvgIpc) is 2.68. The summed E-state index contributed by atoms with van der Waals surface area (Å²) in [4.78, 5) is 0. The quantitative estimate of drug-likeness (QED) is 0.743. The highest BCUT2D eigenvalue weighted by Crippen LogP contribution is 2.47. The predicted molar refractivity (Wildman–Crippen MR) is 102 cm³/mol. The van der Waals surface area contributed by atoms with Crippen molar-refractivity contribution in [1.82, 2.24) is 0 Å². The first-order chi connectivity index (χ1) is 12.6. The summed E-state index contributed by atoms with van der Waals surface area (Å²) >= 11 is 0. The standard InChI is InChI=1S/C23H22O3/c1-16-8-13-22-20(14-16)21(17-6-4-3-5-7-17)15-23(24,26-22)18-9-11-19(25-2)12-10-18/h3-14,21,24H,15H2,1-2H3/t21-,23?/m1/s1. The molecule has 2 atom stereocenters. The summed E-state index contributed by atoms with van der Waals surface area (Å²) in [5.41, 5.74) is 4.21. The van der Waals surface area contributed by atoms with E-state index in [0.717, 1.165) is 22.6 Å². The van der Waals surface area contributed by atoms with E-state index in [9.17, 15) is 5.11 Å². The molecule has 3 aromatic rings. The second kappa shape index (κ2) is 6.50. The minimum absolute atomic E-state index is 0.0620. The van der Waals surface area contributed by atoms with Crippen LogP contribution in [0.4, 0.5) is 0 Å². The molecule has 0 aliphatic carbocycles. The van der Waals surface area contributed by atoms with Crippen molar-refractivity contribution in [3.05, 3.63) is 95.1 Å². The van der Waals surface area contributed by atoms with Crippen LogP contribution in [-0.2, 0) is 5.79 Å². The summed E-state index contributed by atoms with van der Waals surface area (Å²) in [6.45, 7) is 2.08. The number of methoxy groups -OCH3 is 1. The van der Waals surface area contributed by atoms with E-state index < -0.39 is 5.79 Å². The molecule has 0 aromatic heterocycles. The molecule has 3 heteroatoms. The smallest absolute Gasteiger partial charge is 0.235 e. The van der Waals surface area contributed by atoms with E-state index in [2.05, 4.69) is 25.1 Å². The number of ether oxygens (including phenoxy) is 2. The summed E-state index contributed by atoms with van der Waals surface area (Å²) in [6, 6.07) is 23.8. The fourth-order valence-electron chi connectivity index (χ4n) is 3.65. The summed E-state index contributed by atoms with van der Waals surface area (Å²) in [6.07, 6.45) is 0.458. The van der Waals surface area contributed by atoms with Crippen LogP contribution in [0.5, 0.6) is 11.5 Å². The monoisotopic (exact) mass is 346 g/mol. The van der Waals surface area contributed by atoms with E-state index in [1.165, 1.54) is 11.1 Å². The highest BCUT2D eigenvalue weighted by Gasteiger charge is 2.41. The second-order valence-electron chi connectivity index (χ2n) is 6.82. The first kappa shape index (κ1) is 16.7. The maximum Gasteiger partial charge on any atom is 0.235 e. The van der Waals surface area contributed by atoms with Gasteiger partial charge in [0.25, 0.3) is 0 Å². The van der Waals surface area contributed by atoms with Crippen molar-refractivity contribution in [2.75, 3.05) is 7.11 Å². The molecule has 1 heterocycles. The summed E-state index contributed by atoms with van der Waals surface area (Å²) < 4.78 is 11.3. The topological polar surface area (TPSA) is 38.7 Å². The van der Waals surface area contributed by atoms with Crippen LogP contribution in [0.2, 0.25) is 0 Å². The van der Waals surface area contributed by atoms with Gasteiger partial charge in [-0.3, -0.25) is 0 Å². The summed E-state index contributed by atoms with van der Waals surface area (Å²) in [5.74, 6) is 0.166. The van der Waals surface area contributed by atoms with E-state index in [1.807, 2.05) is 54.6 Å². The van der Waals surface area contributed by atoms with Crippen LogP contribution < -0.4 is 9.47 Å². The Bertz CT molecular complexity index is 902. The van der Waals surface area contributed by atoms with Crippen LogP contribution in [0, 0.1) is 6.92 Å². The van der Waals surface area contributed by atoms with Crippen molar-refractivity contribution in [2.45, 2.75) is 25.0 Å². The Morgan fingerprint density at radius 2 is 1.73 bits per heavy atom. The Kier molecular flexibility index (Phi) is 4.17. The zero-order valence-electron chi connectivity index (χ0n) is 15.0. The van der Waals surface area contributed by atoms with Crippen molar-refractivity contribution >= 4 is 0 Å². The molecule has 0 radical (unpaired) electrons. The lowest BCUT2D eigenvalue weighted by Gasteiger charge is -2.39. The molecular formula is C23H22O3. The van der Waals surface area contributed by atoms with Crippen LogP contribution in [0.15, 0.2) is 72.8 Å². The van der Waals surface area contributed by atoms with Gasteiger partial charge >= 0.3 is 0 Å². The maximum atomic E-state index is 11.4. The number of rotatable bonds is 3. The van der Waals surface area contributed by atoms with Gasteiger partial charge in [-0.05, 0) is 42.8 Å². The van der Waals surface area contributed by atoms with Gasteiger partial charge in [-0.15, -0.1) is 0 Å². The molecule has 0 amide bonds. The van der Waals surface area contributed by atoms with Crippen molar-refractivity contribution in [2.24, 2.45) is 0 Å². The molecule has 0 saturated heterocycles. The van der Waals surface area contributed by atoms with E-state index in [-0.39, 0.29) is 5.92 Å². The third-order valence-corrected chi connectivity index (χ3v) is 5.04. The number of hydrogen-bond acceptors (Lipinski definition) is 3. The summed E-state index contributed by atoms with van der Waals surface area (Å²) in [5, 5.41) is 11.4. The van der Waals surface area contributed by atoms with Gasteiger partial charge in [0.2, 0.25) is 5.79 Å². The highest BCUT2D eigenvalue weighted by molar-refractivity contribution is 5.47. The van der Waals surface area contributed by atoms with Crippen molar-refractivity contribution in [3.63, 3.8) is 0 Å². The molecule has 1 aliphatic rings. The molecule has 4 rings (SSSR count). The molecule has 1 aliphatic heterocycles. The number of benzene rings is 3. The lowest BCUT2D eigenvalue weighted by atomic mass is 9.80. The SMILES string of the molecule is COc1ccc(C2(O)C[C@H](c3ccccc3)c3cc(C)ccc3O2)cc1. The normalized spacial score (nSPS) is 21.6. The van der Waals surface area contributed by atoms with Crippen LogP contribution in [0.3, 0.4) is 0 Å². The molecule has 3 nitrogen and oxygen atoms in total. The fraction of sp³-hybridized carbons (Fsp3) is 0.217. The Morgan fingerprint density at radius 3 is 2.42 bits per heavy atom. The van der Waals surface area contributed by atoms with Crippen LogP contribution in [0.1, 0.15) is 34.6 Å². The van der Waals surface area contributed by atoms with E-state index >= 15 is 0 Å². The average molecular weight is 346 g/mol. The Balaban J connectivity index is 1.80. The fourth-order valence-corrected chi connectivity index (χ4v) is 3.65. The van der Waals surface area contributed by atoms with Gasteiger partial charge in [-0.1, -0.05) is 48.0 Å². The first-order valence-electron chi connectivity index (χ1n) is 8.80. The van der Waals surface area contributed by atoms with Gasteiger partial charge in [-0.2, -0.15) is 0 Å². The predicted octanol–water partition coefficient (Wildman–Crippen LogP) is 4.76. The molecule has 0 fully saturated rings. The van der Waals surface area contributed by atoms with Gasteiger partial charge < -0.3 is 14.6 Å². The number of aryl methyl sites for hydroxylation is 1. The van der Waals surface area contributed by atoms with Crippen molar-refractivity contribution in [1.29, 1.82) is 0 Å². The third-order valence-electron chi connectivity index (χ3n) is 5.04. The minimum Gasteiger partial charge on any atom is -0.497 e. The van der Waals surface area contributed by atoms with Crippen LogP contribution in [-0.4, -0.2) is 12.2 Å². The summed E-state index contributed by atoms with van der Waals surface area (Å²) in [7, 11) is 1.63. The van der Waals surface area contributed by atoms with Crippen LogP contribution >= 0.6 is 0 Å². The van der Waals surface area contributed by atoms with Gasteiger partial charge in [0.15, 0.2) is 0 Å². The Morgan fingerprint density at radius 1 is 1.00 bits per heavy atom. The minimum atomic E-state index is -1.38. The molecule has 1 N–H and O–H groups in total. The van der Waals surface area contributed by atoms with Gasteiger partial charge in [0.1, 0.15) is 11.5 Å². The van der Waals surface area contributed by atoms with Crippen LogP contribution in [0.25, 0.3) is 0 Å². The largest absolute Gasteiger partial charge is 0.497 e. The molecule has 3 aromatic carbocycles.